The minimum atomic E-state index is -0.421. The second-order valence-corrected chi connectivity index (χ2v) is 9.60. The number of nitrogens with zero attached hydrogens (tertiary/aromatic N) is 6. The number of rotatable bonds is 6. The van der Waals surface area contributed by atoms with Crippen molar-refractivity contribution in [3.05, 3.63) is 94.3 Å². The molecule has 0 amide bonds. The first-order chi connectivity index (χ1) is 20.1. The van der Waals surface area contributed by atoms with Crippen molar-refractivity contribution in [2.45, 2.75) is 34.4 Å². The van der Waals surface area contributed by atoms with E-state index in [1.165, 1.54) is 12.1 Å². The van der Waals surface area contributed by atoms with Crippen LogP contribution in [0.5, 0.6) is 0 Å². The number of nitro groups is 2. The fourth-order valence-corrected chi connectivity index (χ4v) is 3.87. The highest BCUT2D eigenvalue weighted by atomic mass is 35.5. The molecule has 2 aromatic carbocycles. The van der Waals surface area contributed by atoms with Gasteiger partial charge in [0.25, 0.3) is 11.4 Å². The van der Waals surface area contributed by atoms with E-state index in [0.717, 1.165) is 11.1 Å². The summed E-state index contributed by atoms with van der Waals surface area (Å²) in [4.78, 5) is 35.1. The minimum absolute atomic E-state index is 0. The van der Waals surface area contributed by atoms with Crippen LogP contribution in [0.2, 0.25) is 15.5 Å². The van der Waals surface area contributed by atoms with Gasteiger partial charge in [0.15, 0.2) is 21.3 Å². The molecule has 0 saturated carbocycles. The maximum absolute atomic E-state index is 10.8. The summed E-state index contributed by atoms with van der Waals surface area (Å²) in [5.74, 6) is 0.351. The summed E-state index contributed by atoms with van der Waals surface area (Å²) in [5, 5.41) is 24.4. The summed E-state index contributed by atoms with van der Waals surface area (Å²) < 4.78 is 0. The van der Waals surface area contributed by atoms with Gasteiger partial charge in [0.1, 0.15) is 11.4 Å². The van der Waals surface area contributed by atoms with Crippen LogP contribution in [0.1, 0.15) is 29.7 Å². The van der Waals surface area contributed by atoms with Gasteiger partial charge in [-0.25, -0.2) is 0 Å². The standard InChI is InChI=1S/C12H13ClN6O2.C8H10N2O2.C4H4Cl2N4.CH4.ClH/c1-6-4-7(2-3-8(6)19(20)21)5-16-11-9(14)10(13)17-12(15)18-11;1-6-4-7(5-9)2-3-8(6)10(11)12;5-2-1(7)3(6)10-4(8)9-2;;/h2-4H,5,14H2,1H3,(H3,15,16,17,18);2-4H,5,9H2,1H3;7H2,(H2,8,9,10);1H4;1H. The number of aryl methyl sites for hydroxylation is 2. The molecule has 4 aromatic rings. The van der Waals surface area contributed by atoms with Crippen molar-refractivity contribution < 1.29 is 9.85 Å². The first-order valence-corrected chi connectivity index (χ1v) is 13.0. The van der Waals surface area contributed by atoms with Gasteiger partial charge in [0.2, 0.25) is 11.9 Å². The Bertz CT molecular complexity index is 1620. The quantitative estimate of drug-likeness (QED) is 0.0821. The number of hydrogen-bond donors (Lipinski definition) is 6. The highest BCUT2D eigenvalue weighted by Crippen LogP contribution is 2.26. The minimum Gasteiger partial charge on any atom is -0.394 e. The zero-order valence-electron chi connectivity index (χ0n) is 23.1. The van der Waals surface area contributed by atoms with Crippen molar-refractivity contribution in [2.75, 3.05) is 28.3 Å². The molecular formula is C25H32Cl4N12O4. The van der Waals surface area contributed by atoms with Crippen LogP contribution in [0.25, 0.3) is 0 Å². The van der Waals surface area contributed by atoms with Gasteiger partial charge in [-0.2, -0.15) is 19.9 Å². The SMILES string of the molecule is C.Cc1cc(CN)ccc1[N+](=O)[O-].Cc1cc(CNc2nc(N)nc(Cl)c2N)ccc1[N+](=O)[O-].Cl.Nc1nc(Cl)c(N)c(Cl)n1. The van der Waals surface area contributed by atoms with E-state index in [4.69, 9.17) is 63.5 Å². The number of nitrogen functional groups attached to an aromatic ring is 4. The van der Waals surface area contributed by atoms with Crippen molar-refractivity contribution >= 4 is 87.7 Å². The molecule has 4 rings (SSSR count). The maximum atomic E-state index is 10.8. The smallest absolute Gasteiger partial charge is 0.272 e. The number of benzene rings is 2. The molecule has 0 radical (unpaired) electrons. The third-order valence-corrected chi connectivity index (χ3v) is 6.26. The number of hydrogen-bond acceptors (Lipinski definition) is 14. The van der Waals surface area contributed by atoms with Crippen molar-refractivity contribution in [1.29, 1.82) is 0 Å². The van der Waals surface area contributed by atoms with Crippen LogP contribution in [-0.4, -0.2) is 29.8 Å². The Morgan fingerprint density at radius 1 is 0.733 bits per heavy atom. The highest BCUT2D eigenvalue weighted by Gasteiger charge is 2.12. The topological polar surface area (TPSA) is 280 Å². The van der Waals surface area contributed by atoms with Gasteiger partial charge in [0.05, 0.1) is 9.85 Å². The Morgan fingerprint density at radius 3 is 1.56 bits per heavy atom. The first kappa shape index (κ1) is 40.5. The monoisotopic (exact) mass is 704 g/mol. The lowest BCUT2D eigenvalue weighted by atomic mass is 10.1. The van der Waals surface area contributed by atoms with Crippen LogP contribution in [0.4, 0.5) is 40.5 Å². The van der Waals surface area contributed by atoms with Crippen LogP contribution in [-0.2, 0) is 13.1 Å². The predicted octanol–water partition coefficient (Wildman–Crippen LogP) is 5.49. The van der Waals surface area contributed by atoms with Crippen LogP contribution in [0.15, 0.2) is 36.4 Å². The number of aromatic nitrogens is 4. The molecule has 0 aliphatic heterocycles. The molecule has 0 aliphatic carbocycles. The maximum Gasteiger partial charge on any atom is 0.272 e. The molecule has 244 valence electrons. The van der Waals surface area contributed by atoms with Gasteiger partial charge < -0.3 is 34.0 Å². The number of anilines is 5. The van der Waals surface area contributed by atoms with Crippen LogP contribution < -0.4 is 34.0 Å². The van der Waals surface area contributed by atoms with E-state index in [0.29, 0.717) is 30.0 Å². The fraction of sp³-hybridized carbons (Fsp3) is 0.200. The van der Waals surface area contributed by atoms with Gasteiger partial charge >= 0.3 is 0 Å². The van der Waals surface area contributed by atoms with Gasteiger partial charge in [-0.05, 0) is 37.1 Å². The van der Waals surface area contributed by atoms with Crippen molar-refractivity contribution in [2.24, 2.45) is 5.73 Å². The molecule has 0 aliphatic rings. The summed E-state index contributed by atoms with van der Waals surface area (Å²) in [6, 6.07) is 9.71. The summed E-state index contributed by atoms with van der Waals surface area (Å²) >= 11 is 16.8. The van der Waals surface area contributed by atoms with Crippen molar-refractivity contribution in [3.8, 4) is 0 Å². The number of nitro benzene ring substituents is 2. The fourth-order valence-electron chi connectivity index (χ4n) is 3.29. The summed E-state index contributed by atoms with van der Waals surface area (Å²) in [6.45, 7) is 4.17. The molecular weight excluding hydrogens is 674 g/mol. The third-order valence-electron chi connectivity index (χ3n) is 5.40. The third kappa shape index (κ3) is 11.8. The Balaban J connectivity index is 0.000000689. The van der Waals surface area contributed by atoms with Crippen molar-refractivity contribution in [1.82, 2.24) is 19.9 Å². The van der Waals surface area contributed by atoms with Gasteiger partial charge in [0, 0.05) is 36.3 Å². The molecule has 0 fully saturated rings. The molecule has 2 aromatic heterocycles. The Hall–Kier alpha value is -4.48. The lowest BCUT2D eigenvalue weighted by Crippen LogP contribution is -2.08. The molecule has 2 heterocycles. The van der Waals surface area contributed by atoms with Gasteiger partial charge in [-0.15, -0.1) is 12.4 Å². The normalized spacial score (nSPS) is 9.64. The molecule has 11 N–H and O–H groups in total. The molecule has 0 atom stereocenters. The Morgan fingerprint density at radius 2 is 1.13 bits per heavy atom. The number of nitrogens with one attached hydrogen (secondary N) is 1. The summed E-state index contributed by atoms with van der Waals surface area (Å²) in [5.41, 5.74) is 30.7. The summed E-state index contributed by atoms with van der Waals surface area (Å²) in [7, 11) is 0. The molecule has 0 bridgehead atoms. The number of nitrogens with two attached hydrogens (primary N) is 5. The van der Waals surface area contributed by atoms with Crippen LogP contribution >= 0.6 is 47.2 Å². The molecule has 45 heavy (non-hydrogen) atoms. The highest BCUT2D eigenvalue weighted by molar-refractivity contribution is 6.37. The Kier molecular flexibility index (Phi) is 16.5. The predicted molar refractivity (Wildman–Crippen MR) is 182 cm³/mol. The lowest BCUT2D eigenvalue weighted by Gasteiger charge is -2.10. The van der Waals surface area contributed by atoms with E-state index in [1.807, 2.05) is 0 Å². The van der Waals surface area contributed by atoms with E-state index in [-0.39, 0.29) is 69.9 Å². The van der Waals surface area contributed by atoms with Gasteiger partial charge in [-0.3, -0.25) is 20.2 Å². The van der Waals surface area contributed by atoms with Crippen molar-refractivity contribution in [3.63, 3.8) is 0 Å². The largest absolute Gasteiger partial charge is 0.394 e. The van der Waals surface area contributed by atoms with Crippen LogP contribution in [0, 0.1) is 34.1 Å². The van der Waals surface area contributed by atoms with E-state index < -0.39 is 9.85 Å². The van der Waals surface area contributed by atoms with E-state index in [9.17, 15) is 20.2 Å². The molecule has 16 nitrogen and oxygen atoms in total. The second-order valence-electron chi connectivity index (χ2n) is 8.53. The number of halogens is 4. The van der Waals surface area contributed by atoms with Crippen LogP contribution in [0.3, 0.4) is 0 Å². The first-order valence-electron chi connectivity index (χ1n) is 11.9. The zero-order chi connectivity index (χ0) is 32.4. The second kappa shape index (κ2) is 18.4. The average Bonchev–Trinajstić information content (AvgIpc) is 2.93. The van der Waals surface area contributed by atoms with E-state index in [1.54, 1.807) is 38.1 Å². The zero-order valence-corrected chi connectivity index (χ0v) is 26.2. The molecule has 20 heteroatoms. The molecule has 0 unspecified atom stereocenters. The lowest BCUT2D eigenvalue weighted by molar-refractivity contribution is -0.385. The summed E-state index contributed by atoms with van der Waals surface area (Å²) in [6.07, 6.45) is 0. The average molecular weight is 706 g/mol. The van der Waals surface area contributed by atoms with Gasteiger partial charge in [-0.1, -0.05) is 54.4 Å². The van der Waals surface area contributed by atoms with E-state index in [2.05, 4.69) is 25.3 Å². The van der Waals surface area contributed by atoms with E-state index >= 15 is 0 Å². The molecule has 0 saturated heterocycles. The Labute approximate surface area is 279 Å². The molecule has 0 spiro atoms.